The Bertz CT molecular complexity index is 412. The normalized spacial score (nSPS) is 23.9. The van der Waals surface area contributed by atoms with Crippen molar-refractivity contribution in [2.75, 3.05) is 18.0 Å². The zero-order chi connectivity index (χ0) is 14.0. The van der Waals surface area contributed by atoms with Gasteiger partial charge in [-0.15, -0.1) is 0 Å². The molecule has 3 heteroatoms. The van der Waals surface area contributed by atoms with E-state index in [-0.39, 0.29) is 5.54 Å². The highest BCUT2D eigenvalue weighted by Crippen LogP contribution is 2.28. The van der Waals surface area contributed by atoms with Crippen LogP contribution in [0.3, 0.4) is 0 Å². The molecular formula is C16H27N3. The van der Waals surface area contributed by atoms with E-state index < -0.39 is 0 Å². The van der Waals surface area contributed by atoms with Gasteiger partial charge in [-0.25, -0.2) is 4.98 Å². The molecule has 3 nitrogen and oxygen atoms in total. The predicted octanol–water partition coefficient (Wildman–Crippen LogP) is 3.06. The molecule has 2 rings (SSSR count). The van der Waals surface area contributed by atoms with Crippen LogP contribution in [0.2, 0.25) is 0 Å². The fraction of sp³-hybridized carbons (Fsp3) is 0.688. The van der Waals surface area contributed by atoms with Gasteiger partial charge in [0.1, 0.15) is 5.82 Å². The van der Waals surface area contributed by atoms with Crippen molar-refractivity contribution in [3.05, 3.63) is 23.9 Å². The highest BCUT2D eigenvalue weighted by Gasteiger charge is 2.28. The summed E-state index contributed by atoms with van der Waals surface area (Å²) in [5.41, 5.74) is 1.44. The van der Waals surface area contributed by atoms with E-state index in [9.17, 15) is 0 Å². The summed E-state index contributed by atoms with van der Waals surface area (Å²) >= 11 is 0. The summed E-state index contributed by atoms with van der Waals surface area (Å²) in [4.78, 5) is 7.06. The molecule has 0 bridgehead atoms. The molecule has 2 atom stereocenters. The second-order valence-electron chi connectivity index (χ2n) is 6.95. The monoisotopic (exact) mass is 261 g/mol. The van der Waals surface area contributed by atoms with Crippen molar-refractivity contribution >= 4 is 5.82 Å². The van der Waals surface area contributed by atoms with Gasteiger partial charge < -0.3 is 10.2 Å². The first-order valence-electron chi connectivity index (χ1n) is 7.30. The molecule has 1 saturated heterocycles. The van der Waals surface area contributed by atoms with Crippen LogP contribution in [-0.2, 0) is 6.54 Å². The molecule has 0 amide bonds. The van der Waals surface area contributed by atoms with E-state index in [0.29, 0.717) is 0 Å². The second-order valence-corrected chi connectivity index (χ2v) is 6.95. The molecule has 2 unspecified atom stereocenters. The van der Waals surface area contributed by atoms with Crippen LogP contribution in [0.25, 0.3) is 0 Å². The topological polar surface area (TPSA) is 28.2 Å². The largest absolute Gasteiger partial charge is 0.356 e. The van der Waals surface area contributed by atoms with E-state index in [4.69, 9.17) is 0 Å². The Balaban J connectivity index is 2.13. The summed E-state index contributed by atoms with van der Waals surface area (Å²) in [6.07, 6.45) is 1.91. The number of nitrogens with zero attached hydrogens (tertiary/aromatic N) is 2. The maximum atomic E-state index is 4.62. The van der Waals surface area contributed by atoms with E-state index in [0.717, 1.165) is 37.3 Å². The van der Waals surface area contributed by atoms with Gasteiger partial charge in [0.2, 0.25) is 0 Å². The molecule has 0 saturated carbocycles. The molecular weight excluding hydrogens is 234 g/mol. The first kappa shape index (κ1) is 14.3. The van der Waals surface area contributed by atoms with Crippen LogP contribution in [-0.4, -0.2) is 23.6 Å². The minimum atomic E-state index is 0.138. The maximum absolute atomic E-state index is 4.62. The molecule has 1 fully saturated rings. The number of aromatic nitrogens is 1. The molecule has 0 spiro atoms. The van der Waals surface area contributed by atoms with Crippen LogP contribution in [0.4, 0.5) is 5.82 Å². The summed E-state index contributed by atoms with van der Waals surface area (Å²) in [7, 11) is 0. The molecule has 1 aliphatic rings. The molecule has 106 valence electrons. The third-order valence-electron chi connectivity index (χ3n) is 3.96. The van der Waals surface area contributed by atoms with E-state index in [2.05, 4.69) is 55.9 Å². The van der Waals surface area contributed by atoms with Crippen LogP contribution in [0.1, 0.15) is 40.2 Å². The van der Waals surface area contributed by atoms with E-state index in [1.165, 1.54) is 5.56 Å². The van der Waals surface area contributed by atoms with Gasteiger partial charge in [-0.3, -0.25) is 0 Å². The number of hydrogen-bond donors (Lipinski definition) is 1. The Morgan fingerprint density at radius 1 is 1.26 bits per heavy atom. The first-order chi connectivity index (χ1) is 8.87. The number of hydrogen-bond acceptors (Lipinski definition) is 3. The zero-order valence-electron chi connectivity index (χ0n) is 12.9. The minimum Gasteiger partial charge on any atom is -0.356 e. The van der Waals surface area contributed by atoms with Gasteiger partial charge in [0, 0.05) is 36.9 Å². The van der Waals surface area contributed by atoms with Crippen molar-refractivity contribution < 1.29 is 0 Å². The summed E-state index contributed by atoms with van der Waals surface area (Å²) in [6, 6.07) is 4.22. The summed E-state index contributed by atoms with van der Waals surface area (Å²) in [6.45, 7) is 14.4. The van der Waals surface area contributed by atoms with Crippen LogP contribution in [0.15, 0.2) is 18.3 Å². The zero-order valence-corrected chi connectivity index (χ0v) is 12.9. The van der Waals surface area contributed by atoms with Crippen LogP contribution < -0.4 is 10.2 Å². The Hall–Kier alpha value is -1.09. The molecule has 1 aliphatic heterocycles. The first-order valence-corrected chi connectivity index (χ1v) is 7.30. The Labute approximate surface area is 117 Å². The number of anilines is 1. The van der Waals surface area contributed by atoms with Gasteiger partial charge in [0.05, 0.1) is 0 Å². The standard InChI is InChI=1S/C16H27N3/c1-12-10-19(11-13(12)2)15-14(7-6-8-17-15)9-18-16(3,4)5/h6-8,12-13,18H,9-11H2,1-5H3. The van der Waals surface area contributed by atoms with Crippen molar-refractivity contribution in [3.63, 3.8) is 0 Å². The lowest BCUT2D eigenvalue weighted by molar-refractivity contribution is 0.424. The second kappa shape index (κ2) is 5.49. The maximum Gasteiger partial charge on any atom is 0.133 e. The average molecular weight is 261 g/mol. The number of nitrogens with one attached hydrogen (secondary N) is 1. The number of rotatable bonds is 3. The molecule has 1 aromatic rings. The lowest BCUT2D eigenvalue weighted by Crippen LogP contribution is -2.35. The molecule has 1 aromatic heterocycles. The lowest BCUT2D eigenvalue weighted by Gasteiger charge is -2.24. The summed E-state index contributed by atoms with van der Waals surface area (Å²) in [5.74, 6) is 2.67. The molecule has 0 radical (unpaired) electrons. The minimum absolute atomic E-state index is 0.138. The van der Waals surface area contributed by atoms with Gasteiger partial charge in [0.15, 0.2) is 0 Å². The Kier molecular flexibility index (Phi) is 4.14. The molecule has 2 heterocycles. The third-order valence-corrected chi connectivity index (χ3v) is 3.96. The van der Waals surface area contributed by atoms with Gasteiger partial charge in [0.25, 0.3) is 0 Å². The van der Waals surface area contributed by atoms with Gasteiger partial charge >= 0.3 is 0 Å². The molecule has 19 heavy (non-hydrogen) atoms. The average Bonchev–Trinajstić information content (AvgIpc) is 2.66. The highest BCUT2D eigenvalue weighted by molar-refractivity contribution is 5.47. The fourth-order valence-electron chi connectivity index (χ4n) is 2.52. The lowest BCUT2D eigenvalue weighted by atomic mass is 10.0. The third kappa shape index (κ3) is 3.69. The summed E-state index contributed by atoms with van der Waals surface area (Å²) in [5, 5.41) is 3.56. The van der Waals surface area contributed by atoms with Gasteiger partial charge in [-0.1, -0.05) is 19.9 Å². The fourth-order valence-corrected chi connectivity index (χ4v) is 2.52. The van der Waals surface area contributed by atoms with E-state index in [1.807, 2.05) is 12.3 Å². The Morgan fingerprint density at radius 3 is 2.47 bits per heavy atom. The van der Waals surface area contributed by atoms with E-state index in [1.54, 1.807) is 0 Å². The van der Waals surface area contributed by atoms with Crippen molar-refractivity contribution in [2.45, 2.75) is 46.7 Å². The molecule has 0 aromatic carbocycles. The van der Waals surface area contributed by atoms with Gasteiger partial charge in [-0.05, 0) is 38.7 Å². The van der Waals surface area contributed by atoms with Crippen molar-refractivity contribution in [3.8, 4) is 0 Å². The van der Waals surface area contributed by atoms with Gasteiger partial charge in [-0.2, -0.15) is 0 Å². The van der Waals surface area contributed by atoms with Crippen LogP contribution in [0, 0.1) is 11.8 Å². The van der Waals surface area contributed by atoms with Crippen molar-refractivity contribution in [2.24, 2.45) is 11.8 Å². The molecule has 1 N–H and O–H groups in total. The SMILES string of the molecule is CC1CN(c2ncccc2CNC(C)(C)C)CC1C. The number of pyridine rings is 1. The van der Waals surface area contributed by atoms with Crippen molar-refractivity contribution in [1.29, 1.82) is 0 Å². The van der Waals surface area contributed by atoms with E-state index >= 15 is 0 Å². The predicted molar refractivity (Wildman–Crippen MR) is 81.4 cm³/mol. The summed E-state index contributed by atoms with van der Waals surface area (Å²) < 4.78 is 0. The Morgan fingerprint density at radius 2 is 1.89 bits per heavy atom. The van der Waals surface area contributed by atoms with Crippen molar-refractivity contribution in [1.82, 2.24) is 10.3 Å². The van der Waals surface area contributed by atoms with Crippen LogP contribution >= 0.6 is 0 Å². The highest BCUT2D eigenvalue weighted by atomic mass is 15.2. The molecule has 0 aliphatic carbocycles. The van der Waals surface area contributed by atoms with Crippen LogP contribution in [0.5, 0.6) is 0 Å². The smallest absolute Gasteiger partial charge is 0.133 e. The quantitative estimate of drug-likeness (QED) is 0.906.